The lowest BCUT2D eigenvalue weighted by Crippen LogP contribution is -2.14. The maximum Gasteiger partial charge on any atom is 0.337 e. The summed E-state index contributed by atoms with van der Waals surface area (Å²) < 4.78 is 18.9. The van der Waals surface area contributed by atoms with Crippen molar-refractivity contribution in [1.82, 2.24) is 4.98 Å². The van der Waals surface area contributed by atoms with Gasteiger partial charge in [0, 0.05) is 16.9 Å². The fourth-order valence-electron chi connectivity index (χ4n) is 1.60. The number of rotatable bonds is 3. The van der Waals surface area contributed by atoms with E-state index in [-0.39, 0.29) is 16.8 Å². The van der Waals surface area contributed by atoms with Gasteiger partial charge in [0.25, 0.3) is 5.91 Å². The highest BCUT2D eigenvalue weighted by Crippen LogP contribution is 2.18. The minimum Gasteiger partial charge on any atom is -0.465 e. The number of nitrogens with zero attached hydrogens (tertiary/aromatic N) is 1. The zero-order chi connectivity index (χ0) is 15.4. The highest BCUT2D eigenvalue weighted by atomic mass is 79.9. The van der Waals surface area contributed by atoms with Crippen LogP contribution in [0.2, 0.25) is 0 Å². The number of benzene rings is 1. The van der Waals surface area contributed by atoms with Gasteiger partial charge in [0.1, 0.15) is 5.82 Å². The fourth-order valence-corrected chi connectivity index (χ4v) is 1.96. The van der Waals surface area contributed by atoms with Gasteiger partial charge in [-0.2, -0.15) is 0 Å². The zero-order valence-corrected chi connectivity index (χ0v) is 12.5. The van der Waals surface area contributed by atoms with Gasteiger partial charge in [-0.05, 0) is 40.2 Å². The lowest BCUT2D eigenvalue weighted by Gasteiger charge is -2.08. The molecule has 0 bridgehead atoms. The quantitative estimate of drug-likeness (QED) is 0.862. The average Bonchev–Trinajstić information content (AvgIpc) is 2.48. The van der Waals surface area contributed by atoms with Crippen molar-refractivity contribution >= 4 is 33.5 Å². The number of hydrogen-bond acceptors (Lipinski definition) is 4. The summed E-state index contributed by atoms with van der Waals surface area (Å²) in [7, 11) is 1.22. The van der Waals surface area contributed by atoms with Gasteiger partial charge in [0.05, 0.1) is 23.9 Å². The van der Waals surface area contributed by atoms with E-state index in [9.17, 15) is 14.0 Å². The molecule has 0 unspecified atom stereocenters. The first-order valence-electron chi connectivity index (χ1n) is 5.81. The monoisotopic (exact) mass is 352 g/mol. The zero-order valence-electron chi connectivity index (χ0n) is 10.9. The lowest BCUT2D eigenvalue weighted by molar-refractivity contribution is 0.0600. The van der Waals surface area contributed by atoms with E-state index in [2.05, 4.69) is 31.0 Å². The number of carbonyl (C=O) groups excluding carboxylic acids is 2. The molecule has 5 nitrogen and oxygen atoms in total. The number of esters is 1. The minimum atomic E-state index is -0.654. The second-order valence-electron chi connectivity index (χ2n) is 4.03. The van der Waals surface area contributed by atoms with E-state index in [1.54, 1.807) is 6.07 Å². The van der Waals surface area contributed by atoms with Gasteiger partial charge in [0.15, 0.2) is 0 Å². The Morgan fingerprint density at radius 1 is 1.24 bits per heavy atom. The fraction of sp³-hybridized carbons (Fsp3) is 0.0714. The van der Waals surface area contributed by atoms with Crippen LogP contribution in [0, 0.1) is 5.82 Å². The Labute approximate surface area is 128 Å². The van der Waals surface area contributed by atoms with Crippen molar-refractivity contribution in [3.05, 3.63) is 58.1 Å². The Bertz CT molecular complexity index is 706. The summed E-state index contributed by atoms with van der Waals surface area (Å²) in [5, 5.41) is 2.39. The molecule has 1 amide bonds. The Balaban J connectivity index is 2.26. The molecule has 1 aromatic heterocycles. The molecule has 0 atom stereocenters. The standard InChI is InChI=1S/C14H10BrFN2O3/c1-21-14(20)8-2-3-11(16)12(5-8)18-13(19)9-4-10(15)7-17-6-9/h2-7H,1H3,(H,18,19). The smallest absolute Gasteiger partial charge is 0.337 e. The summed E-state index contributed by atoms with van der Waals surface area (Å²) in [5.74, 6) is -1.81. The molecule has 0 saturated heterocycles. The SMILES string of the molecule is COC(=O)c1ccc(F)c(NC(=O)c2cncc(Br)c2)c1. The lowest BCUT2D eigenvalue weighted by atomic mass is 10.2. The van der Waals surface area contributed by atoms with Crippen LogP contribution in [-0.2, 0) is 4.74 Å². The summed E-state index contributed by atoms with van der Waals surface area (Å²) in [5.41, 5.74) is 0.289. The third kappa shape index (κ3) is 3.63. The maximum atomic E-state index is 13.7. The minimum absolute atomic E-state index is 0.108. The van der Waals surface area contributed by atoms with Crippen LogP contribution in [0.5, 0.6) is 0 Å². The maximum absolute atomic E-state index is 13.7. The normalized spacial score (nSPS) is 10.0. The number of carbonyl (C=O) groups is 2. The number of hydrogen-bond donors (Lipinski definition) is 1. The highest BCUT2D eigenvalue weighted by Gasteiger charge is 2.13. The van der Waals surface area contributed by atoms with Gasteiger partial charge in [-0.1, -0.05) is 0 Å². The summed E-state index contributed by atoms with van der Waals surface area (Å²) in [6, 6.07) is 5.12. The van der Waals surface area contributed by atoms with Crippen LogP contribution in [0.3, 0.4) is 0 Å². The van der Waals surface area contributed by atoms with E-state index in [4.69, 9.17) is 0 Å². The molecule has 0 aliphatic rings. The topological polar surface area (TPSA) is 68.3 Å². The molecular weight excluding hydrogens is 343 g/mol. The predicted molar refractivity (Wildman–Crippen MR) is 77.6 cm³/mol. The molecule has 1 N–H and O–H groups in total. The third-order valence-electron chi connectivity index (χ3n) is 2.60. The number of methoxy groups -OCH3 is 1. The van der Waals surface area contributed by atoms with Gasteiger partial charge >= 0.3 is 5.97 Å². The van der Waals surface area contributed by atoms with E-state index < -0.39 is 17.7 Å². The van der Waals surface area contributed by atoms with Gasteiger partial charge in [-0.25, -0.2) is 9.18 Å². The van der Waals surface area contributed by atoms with Crippen molar-refractivity contribution in [3.63, 3.8) is 0 Å². The molecule has 0 saturated carbocycles. The van der Waals surface area contributed by atoms with Crippen LogP contribution < -0.4 is 5.32 Å². The molecule has 7 heteroatoms. The number of ether oxygens (including phenoxy) is 1. The van der Waals surface area contributed by atoms with Gasteiger partial charge < -0.3 is 10.1 Å². The molecular formula is C14H10BrFN2O3. The highest BCUT2D eigenvalue weighted by molar-refractivity contribution is 9.10. The summed E-state index contributed by atoms with van der Waals surface area (Å²) in [6.45, 7) is 0. The molecule has 1 heterocycles. The molecule has 2 rings (SSSR count). The van der Waals surface area contributed by atoms with E-state index in [1.807, 2.05) is 0 Å². The van der Waals surface area contributed by atoms with Crippen LogP contribution in [0.25, 0.3) is 0 Å². The van der Waals surface area contributed by atoms with Crippen molar-refractivity contribution in [2.45, 2.75) is 0 Å². The van der Waals surface area contributed by atoms with Crippen LogP contribution in [0.15, 0.2) is 41.1 Å². The van der Waals surface area contributed by atoms with Crippen LogP contribution in [0.4, 0.5) is 10.1 Å². The number of amides is 1. The molecule has 108 valence electrons. The Morgan fingerprint density at radius 2 is 2.00 bits per heavy atom. The molecule has 0 aliphatic heterocycles. The second-order valence-corrected chi connectivity index (χ2v) is 4.95. The molecule has 0 radical (unpaired) electrons. The van der Waals surface area contributed by atoms with Crippen LogP contribution in [-0.4, -0.2) is 24.0 Å². The van der Waals surface area contributed by atoms with Crippen LogP contribution in [0.1, 0.15) is 20.7 Å². The van der Waals surface area contributed by atoms with E-state index in [0.29, 0.717) is 4.47 Å². The van der Waals surface area contributed by atoms with Crippen molar-refractivity contribution in [2.24, 2.45) is 0 Å². The molecule has 0 aliphatic carbocycles. The number of aromatic nitrogens is 1. The summed E-state index contributed by atoms with van der Waals surface area (Å²) in [6.07, 6.45) is 2.87. The van der Waals surface area contributed by atoms with Crippen molar-refractivity contribution in [3.8, 4) is 0 Å². The largest absolute Gasteiger partial charge is 0.465 e. The molecule has 0 fully saturated rings. The number of nitrogens with one attached hydrogen (secondary N) is 1. The van der Waals surface area contributed by atoms with E-state index >= 15 is 0 Å². The Kier molecular flexibility index (Phi) is 4.64. The predicted octanol–water partition coefficient (Wildman–Crippen LogP) is 3.02. The average molecular weight is 353 g/mol. The van der Waals surface area contributed by atoms with E-state index in [0.717, 1.165) is 6.07 Å². The van der Waals surface area contributed by atoms with Crippen molar-refractivity contribution in [1.29, 1.82) is 0 Å². The molecule has 0 spiro atoms. The first kappa shape index (κ1) is 15.1. The molecule has 2 aromatic rings. The Hall–Kier alpha value is -2.28. The van der Waals surface area contributed by atoms with Crippen molar-refractivity contribution in [2.75, 3.05) is 12.4 Å². The third-order valence-corrected chi connectivity index (χ3v) is 3.04. The van der Waals surface area contributed by atoms with Crippen molar-refractivity contribution < 1.29 is 18.7 Å². The summed E-state index contributed by atoms with van der Waals surface area (Å²) >= 11 is 3.19. The first-order chi connectivity index (χ1) is 10.0. The van der Waals surface area contributed by atoms with Gasteiger partial charge in [-0.15, -0.1) is 0 Å². The number of halogens is 2. The summed E-state index contributed by atoms with van der Waals surface area (Å²) in [4.78, 5) is 27.3. The van der Waals surface area contributed by atoms with Gasteiger partial charge in [0.2, 0.25) is 0 Å². The van der Waals surface area contributed by atoms with E-state index in [1.165, 1.54) is 31.6 Å². The van der Waals surface area contributed by atoms with Gasteiger partial charge in [-0.3, -0.25) is 9.78 Å². The van der Waals surface area contributed by atoms with Crippen LogP contribution >= 0.6 is 15.9 Å². The Morgan fingerprint density at radius 3 is 2.67 bits per heavy atom. The number of anilines is 1. The number of pyridine rings is 1. The molecule has 1 aromatic carbocycles. The second kappa shape index (κ2) is 6.45. The first-order valence-corrected chi connectivity index (χ1v) is 6.60. The molecule has 21 heavy (non-hydrogen) atoms.